The van der Waals surface area contributed by atoms with Gasteiger partial charge in [-0.25, -0.2) is 0 Å². The van der Waals surface area contributed by atoms with E-state index in [1.54, 1.807) is 6.08 Å². The molecule has 0 saturated heterocycles. The molecule has 6 heteroatoms. The van der Waals surface area contributed by atoms with Gasteiger partial charge in [0.25, 0.3) is 0 Å². The minimum absolute atomic E-state index is 0.394. The molecule has 6 nitrogen and oxygen atoms in total. The van der Waals surface area contributed by atoms with Crippen LogP contribution in [-0.2, 0) is 0 Å². The highest BCUT2D eigenvalue weighted by atomic mass is 15.1. The number of nitriles is 2. The van der Waals surface area contributed by atoms with Crippen LogP contribution in [0.3, 0.4) is 0 Å². The van der Waals surface area contributed by atoms with Crippen molar-refractivity contribution >= 4 is 82.4 Å². The number of terminal acetylenes is 1. The smallest absolute Gasteiger partial charge is 0.104 e. The van der Waals surface area contributed by atoms with Crippen LogP contribution in [-0.4, -0.2) is 18.3 Å². The monoisotopic (exact) mass is 802 g/mol. The maximum absolute atomic E-state index is 12.3. The molecule has 4 aromatic heterocycles. The Kier molecular flexibility index (Phi) is 7.84. The Morgan fingerprint density at radius 2 is 0.635 bits per heavy atom. The Balaban J connectivity index is 1.45. The normalized spacial score (nSPS) is 11.8. The molecular weight excluding hydrogens is 769 g/mol. The van der Waals surface area contributed by atoms with Crippen molar-refractivity contribution in [2.24, 2.45) is 0 Å². The molecule has 0 atom stereocenters. The van der Waals surface area contributed by atoms with Gasteiger partial charge < -0.3 is 18.3 Å². The van der Waals surface area contributed by atoms with E-state index in [-0.39, 0.29) is 0 Å². The number of aryl methyl sites for hydroxylation is 1. The van der Waals surface area contributed by atoms with E-state index in [0.717, 1.165) is 87.6 Å². The Hall–Kier alpha value is -9.02. The van der Waals surface area contributed by atoms with Gasteiger partial charge >= 0.3 is 0 Å². The van der Waals surface area contributed by atoms with Crippen molar-refractivity contribution in [3.63, 3.8) is 0 Å². The van der Waals surface area contributed by atoms with E-state index in [2.05, 4.69) is 152 Å². The Morgan fingerprint density at radius 3 is 0.921 bits per heavy atom. The van der Waals surface area contributed by atoms with E-state index >= 15 is 0 Å². The van der Waals surface area contributed by atoms with E-state index < -0.39 is 0 Å². The third-order valence-corrected chi connectivity index (χ3v) is 12.8. The number of nitrogens with zero attached hydrogens (tertiary/aromatic N) is 6. The average Bonchev–Trinajstić information content (AvgIpc) is 4.05. The highest BCUT2D eigenvalue weighted by molar-refractivity contribution is 6.14. The van der Waals surface area contributed by atoms with Crippen LogP contribution >= 0.6 is 0 Å². The zero-order valence-corrected chi connectivity index (χ0v) is 34.1. The third kappa shape index (κ3) is 4.88. The lowest BCUT2D eigenvalue weighted by molar-refractivity contribution is 1.00. The molecule has 0 aliphatic heterocycles. The van der Waals surface area contributed by atoms with Crippen molar-refractivity contribution in [3.8, 4) is 47.2 Å². The number of hydrogen-bond donors (Lipinski definition) is 0. The van der Waals surface area contributed by atoms with Gasteiger partial charge in [-0.1, -0.05) is 133 Å². The summed E-state index contributed by atoms with van der Waals surface area (Å²) in [7, 11) is 0. The summed E-state index contributed by atoms with van der Waals surface area (Å²) in [5.41, 5.74) is 11.3. The van der Waals surface area contributed by atoms with E-state index in [1.807, 2.05) is 66.7 Å². The first-order valence-corrected chi connectivity index (χ1v) is 20.9. The summed E-state index contributed by atoms with van der Waals surface area (Å²) in [4.78, 5) is 0. The van der Waals surface area contributed by atoms with Gasteiger partial charge in [0, 0.05) is 37.7 Å². The standard InChI is InChI=1S/C57H34N6/c1-3-4-26-46-36(2)37-19-5-12-27-47(37)60(46)54-44(34-58)56(62-50-30-15-8-22-40(50)41-23-9-16-31-51(41)62)57(63-52-32-17-10-24-42(52)43-25-11-18-33-53(43)63)45(35-59)55(54)61-48-28-13-6-20-38(48)39-21-7-14-29-49(39)61/h1,4-33H,2H3/b26-4-. The fraction of sp³-hybridized carbons (Fsp3) is 0.0175. The number of benzene rings is 8. The predicted molar refractivity (Wildman–Crippen MR) is 258 cm³/mol. The number of rotatable bonds is 5. The molecule has 0 radical (unpaired) electrons. The summed E-state index contributed by atoms with van der Waals surface area (Å²) in [5.74, 6) is 2.72. The summed E-state index contributed by atoms with van der Waals surface area (Å²) in [5, 5.41) is 31.8. The van der Waals surface area contributed by atoms with Crippen molar-refractivity contribution in [2.45, 2.75) is 6.92 Å². The fourth-order valence-corrected chi connectivity index (χ4v) is 10.3. The van der Waals surface area contributed by atoms with Gasteiger partial charge in [0.1, 0.15) is 23.3 Å². The first kappa shape index (κ1) is 35.9. The molecule has 12 rings (SSSR count). The lowest BCUT2D eigenvalue weighted by Crippen LogP contribution is -2.17. The van der Waals surface area contributed by atoms with Crippen LogP contribution in [0.1, 0.15) is 22.4 Å². The second-order valence-corrected chi connectivity index (χ2v) is 15.8. The number of fused-ring (bicyclic) bond motifs is 10. The van der Waals surface area contributed by atoms with Gasteiger partial charge in [0.15, 0.2) is 0 Å². The maximum Gasteiger partial charge on any atom is 0.104 e. The van der Waals surface area contributed by atoms with Crippen molar-refractivity contribution in [1.82, 2.24) is 18.3 Å². The molecule has 0 aliphatic carbocycles. The van der Waals surface area contributed by atoms with Gasteiger partial charge in [-0.05, 0) is 67.1 Å². The molecule has 4 heterocycles. The van der Waals surface area contributed by atoms with Crippen LogP contribution in [0.2, 0.25) is 0 Å². The molecule has 0 aliphatic rings. The highest BCUT2D eigenvalue weighted by Crippen LogP contribution is 2.48. The second kappa shape index (κ2) is 13.8. The molecule has 292 valence electrons. The first-order valence-electron chi connectivity index (χ1n) is 20.9. The van der Waals surface area contributed by atoms with E-state index in [1.165, 1.54) is 0 Å². The highest BCUT2D eigenvalue weighted by Gasteiger charge is 2.34. The van der Waals surface area contributed by atoms with Gasteiger partial charge in [-0.2, -0.15) is 10.5 Å². The zero-order valence-electron chi connectivity index (χ0n) is 34.1. The van der Waals surface area contributed by atoms with Crippen LogP contribution in [0.4, 0.5) is 0 Å². The van der Waals surface area contributed by atoms with Gasteiger partial charge in [-0.3, -0.25) is 0 Å². The van der Waals surface area contributed by atoms with Crippen molar-refractivity contribution in [3.05, 3.63) is 198 Å². The topological polar surface area (TPSA) is 67.3 Å². The van der Waals surface area contributed by atoms with E-state index in [9.17, 15) is 10.5 Å². The molecule has 12 aromatic rings. The minimum Gasteiger partial charge on any atom is -0.306 e. The van der Waals surface area contributed by atoms with Crippen LogP contribution in [0.25, 0.3) is 105 Å². The van der Waals surface area contributed by atoms with Crippen LogP contribution in [0, 0.1) is 41.9 Å². The van der Waals surface area contributed by atoms with Crippen molar-refractivity contribution in [2.75, 3.05) is 0 Å². The van der Waals surface area contributed by atoms with Gasteiger partial charge in [-0.15, -0.1) is 6.42 Å². The number of para-hydroxylation sites is 7. The second-order valence-electron chi connectivity index (χ2n) is 15.8. The molecule has 0 bridgehead atoms. The Bertz CT molecular complexity index is 3920. The molecule has 63 heavy (non-hydrogen) atoms. The molecule has 0 spiro atoms. The third-order valence-electron chi connectivity index (χ3n) is 12.8. The Morgan fingerprint density at radius 1 is 0.381 bits per heavy atom. The average molecular weight is 803 g/mol. The summed E-state index contributed by atoms with van der Waals surface area (Å²) in [6.45, 7) is 2.09. The Labute approximate surface area is 362 Å². The zero-order chi connectivity index (χ0) is 42.3. The number of allylic oxidation sites excluding steroid dienone is 1. The first-order chi connectivity index (χ1) is 31.1. The molecule has 8 aromatic carbocycles. The molecule has 0 saturated carbocycles. The maximum atomic E-state index is 12.3. The quantitative estimate of drug-likeness (QED) is 0.163. The number of aromatic nitrogens is 4. The van der Waals surface area contributed by atoms with Gasteiger partial charge in [0.2, 0.25) is 0 Å². The summed E-state index contributed by atoms with van der Waals surface area (Å²) < 4.78 is 8.77. The fourth-order valence-electron chi connectivity index (χ4n) is 10.3. The van der Waals surface area contributed by atoms with Crippen LogP contribution in [0.15, 0.2) is 176 Å². The van der Waals surface area contributed by atoms with Crippen molar-refractivity contribution in [1.29, 1.82) is 10.5 Å². The van der Waals surface area contributed by atoms with E-state index in [4.69, 9.17) is 6.42 Å². The molecular formula is C57H34N6. The molecule has 0 unspecified atom stereocenters. The number of hydrogen-bond acceptors (Lipinski definition) is 2. The molecule has 0 amide bonds. The summed E-state index contributed by atoms with van der Waals surface area (Å²) in [6.07, 6.45) is 9.60. The lowest BCUT2D eigenvalue weighted by Gasteiger charge is -2.27. The molecule has 0 fully saturated rings. The predicted octanol–water partition coefficient (Wildman–Crippen LogP) is 13.6. The van der Waals surface area contributed by atoms with Crippen LogP contribution in [0.5, 0.6) is 0 Å². The van der Waals surface area contributed by atoms with Crippen molar-refractivity contribution < 1.29 is 0 Å². The molecule has 0 N–H and O–H groups in total. The SMILES string of the molecule is C#C/C=C\c1c(C)c2ccccc2n1-c1c(C#N)c(-n2c3ccccc3c3ccccc32)c(-n2c3ccccc3c3ccccc32)c(C#N)c1-n1c2ccccc2c2ccccc21. The summed E-state index contributed by atoms with van der Waals surface area (Å²) >= 11 is 0. The van der Waals surface area contributed by atoms with E-state index in [0.29, 0.717) is 33.9 Å². The largest absolute Gasteiger partial charge is 0.306 e. The lowest BCUT2D eigenvalue weighted by atomic mass is 9.98. The van der Waals surface area contributed by atoms with Gasteiger partial charge in [0.05, 0.1) is 67.1 Å². The minimum atomic E-state index is 0.394. The van der Waals surface area contributed by atoms with Crippen LogP contribution < -0.4 is 0 Å². The summed E-state index contributed by atoms with van der Waals surface area (Å²) in [6, 6.07) is 63.9.